The Morgan fingerprint density at radius 2 is 1.66 bits per heavy atom. The minimum atomic E-state index is -0.109. The topological polar surface area (TPSA) is 88.8 Å². The minimum Gasteiger partial charge on any atom is -0.483 e. The zero-order valence-corrected chi connectivity index (χ0v) is 22.7. The molecule has 0 saturated carbocycles. The van der Waals surface area contributed by atoms with Gasteiger partial charge in [0.05, 0.1) is 5.56 Å². The van der Waals surface area contributed by atoms with Gasteiger partial charge in [-0.05, 0) is 49.4 Å². The second-order valence-corrected chi connectivity index (χ2v) is 10.3. The van der Waals surface area contributed by atoms with Crippen LogP contribution in [0.3, 0.4) is 0 Å². The van der Waals surface area contributed by atoms with Crippen LogP contribution >= 0.6 is 0 Å². The summed E-state index contributed by atoms with van der Waals surface area (Å²) in [6.07, 6.45) is 5.62. The maximum absolute atomic E-state index is 13.5. The highest BCUT2D eigenvalue weighted by atomic mass is 16.5. The summed E-state index contributed by atoms with van der Waals surface area (Å²) in [4.78, 5) is 34.8. The number of ether oxygens (including phenoxy) is 1. The van der Waals surface area contributed by atoms with E-state index in [0.717, 1.165) is 43.4 Å². The van der Waals surface area contributed by atoms with E-state index in [9.17, 15) is 9.59 Å². The number of nitrogens with zero attached hydrogens (tertiary/aromatic N) is 4. The first-order valence-corrected chi connectivity index (χ1v) is 13.6. The Bertz CT molecular complexity index is 1220. The normalized spacial score (nSPS) is 14.9. The van der Waals surface area contributed by atoms with Gasteiger partial charge in [-0.1, -0.05) is 68.6 Å². The highest BCUT2D eigenvalue weighted by molar-refractivity contribution is 5.94. The largest absolute Gasteiger partial charge is 0.483 e. The number of carbonyl (C=O) groups is 2. The monoisotopic (exact) mass is 518 g/mol. The van der Waals surface area contributed by atoms with Crippen LogP contribution in [0.1, 0.15) is 63.8 Å². The van der Waals surface area contributed by atoms with E-state index in [1.807, 2.05) is 52.3 Å². The summed E-state index contributed by atoms with van der Waals surface area (Å²) in [5.74, 6) is 1.73. The lowest BCUT2D eigenvalue weighted by atomic mass is 10.0. The van der Waals surface area contributed by atoms with Crippen LogP contribution in [0, 0.1) is 12.8 Å². The Balaban J connectivity index is 1.54. The average molecular weight is 519 g/mol. The third kappa shape index (κ3) is 7.21. The number of anilines is 1. The number of carbonyl (C=O) groups excluding carboxylic acids is 2. The number of aromatic nitrogens is 2. The molecule has 0 fully saturated rings. The average Bonchev–Trinajstić information content (AvgIpc) is 3.33. The van der Waals surface area contributed by atoms with Crippen molar-refractivity contribution in [3.8, 4) is 17.2 Å². The Morgan fingerprint density at radius 3 is 2.42 bits per heavy atom. The van der Waals surface area contributed by atoms with Gasteiger partial charge in [0.15, 0.2) is 12.4 Å². The van der Waals surface area contributed by atoms with Crippen LogP contribution in [0.25, 0.3) is 11.5 Å². The van der Waals surface area contributed by atoms with E-state index in [2.05, 4.69) is 24.0 Å². The summed E-state index contributed by atoms with van der Waals surface area (Å²) in [5.41, 5.74) is 2.52. The fourth-order valence-electron chi connectivity index (χ4n) is 4.75. The number of hydrogen-bond acceptors (Lipinski definition) is 6. The van der Waals surface area contributed by atoms with E-state index in [-0.39, 0.29) is 24.3 Å². The van der Waals surface area contributed by atoms with Crippen molar-refractivity contribution in [1.82, 2.24) is 15.0 Å². The van der Waals surface area contributed by atoms with Gasteiger partial charge in [-0.3, -0.25) is 9.59 Å². The lowest BCUT2D eigenvalue weighted by Gasteiger charge is -2.30. The van der Waals surface area contributed by atoms with Crippen LogP contribution in [-0.4, -0.2) is 46.6 Å². The lowest BCUT2D eigenvalue weighted by molar-refractivity contribution is -0.134. The molecule has 2 heterocycles. The molecule has 8 heteroatoms. The van der Waals surface area contributed by atoms with Crippen molar-refractivity contribution in [3.63, 3.8) is 0 Å². The van der Waals surface area contributed by atoms with Crippen molar-refractivity contribution in [2.75, 3.05) is 24.6 Å². The van der Waals surface area contributed by atoms with Gasteiger partial charge in [-0.15, -0.1) is 0 Å². The van der Waals surface area contributed by atoms with Gasteiger partial charge >= 0.3 is 0 Å². The van der Waals surface area contributed by atoms with Crippen molar-refractivity contribution in [1.29, 1.82) is 0 Å². The third-order valence-electron chi connectivity index (χ3n) is 6.69. The number of aryl methyl sites for hydroxylation is 1. The highest BCUT2D eigenvalue weighted by Gasteiger charge is 2.23. The maximum atomic E-state index is 13.5. The number of amides is 2. The lowest BCUT2D eigenvalue weighted by Crippen LogP contribution is -2.37. The van der Waals surface area contributed by atoms with E-state index in [1.54, 1.807) is 13.0 Å². The maximum Gasteiger partial charge on any atom is 0.261 e. The van der Waals surface area contributed by atoms with Crippen LogP contribution in [0.2, 0.25) is 0 Å². The quantitative estimate of drug-likeness (QED) is 0.410. The molecule has 0 spiro atoms. The van der Waals surface area contributed by atoms with Crippen LogP contribution in [0.15, 0.2) is 53.1 Å². The number of fused-ring (bicyclic) bond motifs is 1. The van der Waals surface area contributed by atoms with Crippen molar-refractivity contribution >= 4 is 17.5 Å². The molecule has 0 unspecified atom stereocenters. The van der Waals surface area contributed by atoms with Crippen molar-refractivity contribution < 1.29 is 18.8 Å². The number of rotatable bonds is 6. The Labute approximate surface area is 225 Å². The van der Waals surface area contributed by atoms with E-state index in [4.69, 9.17) is 9.26 Å². The predicted octanol–water partition coefficient (Wildman–Crippen LogP) is 5.80. The van der Waals surface area contributed by atoms with E-state index in [0.29, 0.717) is 49.1 Å². The molecule has 0 radical (unpaired) electrons. The fourth-order valence-corrected chi connectivity index (χ4v) is 4.75. The zero-order valence-electron chi connectivity index (χ0n) is 22.7. The standard InChI is InChI=1S/C30H38N4O4/c1-22(2)19-28(35)34-18-12-6-4-5-11-17-33(20-24-13-7-9-15-26(24)34)29(36)21-37-27-16-10-8-14-25(27)30-31-23(3)32-38-30/h7-10,13-16,22H,4-6,11-12,17-21H2,1-3H3. The molecule has 1 aliphatic heterocycles. The van der Waals surface area contributed by atoms with Crippen LogP contribution < -0.4 is 9.64 Å². The van der Waals surface area contributed by atoms with Crippen molar-refractivity contribution in [3.05, 3.63) is 59.9 Å². The third-order valence-corrected chi connectivity index (χ3v) is 6.69. The zero-order chi connectivity index (χ0) is 26.9. The summed E-state index contributed by atoms with van der Waals surface area (Å²) in [5, 5.41) is 3.86. The number of benzene rings is 2. The Hall–Kier alpha value is -3.68. The Kier molecular flexibility index (Phi) is 9.51. The first kappa shape index (κ1) is 27.4. The molecule has 0 atom stereocenters. The summed E-state index contributed by atoms with van der Waals surface area (Å²) in [6.45, 7) is 7.55. The van der Waals surface area contributed by atoms with E-state index < -0.39 is 0 Å². The molecule has 202 valence electrons. The van der Waals surface area contributed by atoms with Crippen LogP contribution in [0.5, 0.6) is 5.75 Å². The van der Waals surface area contributed by atoms with Gasteiger partial charge in [0.25, 0.3) is 11.8 Å². The number of para-hydroxylation sites is 2. The highest BCUT2D eigenvalue weighted by Crippen LogP contribution is 2.29. The van der Waals surface area contributed by atoms with Gasteiger partial charge in [0.1, 0.15) is 5.75 Å². The van der Waals surface area contributed by atoms with Crippen LogP contribution in [-0.2, 0) is 16.1 Å². The van der Waals surface area contributed by atoms with Gasteiger partial charge in [0, 0.05) is 31.7 Å². The number of hydrogen-bond donors (Lipinski definition) is 0. The van der Waals surface area contributed by atoms with E-state index in [1.165, 1.54) is 0 Å². The van der Waals surface area contributed by atoms with E-state index >= 15 is 0 Å². The molecular formula is C30H38N4O4. The second-order valence-electron chi connectivity index (χ2n) is 10.3. The molecular weight excluding hydrogens is 480 g/mol. The summed E-state index contributed by atoms with van der Waals surface area (Å²) < 4.78 is 11.3. The smallest absolute Gasteiger partial charge is 0.261 e. The van der Waals surface area contributed by atoms with Gasteiger partial charge in [-0.25, -0.2) is 0 Å². The molecule has 0 aliphatic carbocycles. The molecule has 1 aromatic heterocycles. The SMILES string of the molecule is Cc1noc(-c2ccccc2OCC(=O)N2CCCCCCCN(C(=O)CC(C)C)c3ccccc3C2)n1. The first-order chi connectivity index (χ1) is 18.4. The summed E-state index contributed by atoms with van der Waals surface area (Å²) in [7, 11) is 0. The summed E-state index contributed by atoms with van der Waals surface area (Å²) in [6, 6.07) is 15.3. The summed E-state index contributed by atoms with van der Waals surface area (Å²) >= 11 is 0. The van der Waals surface area contributed by atoms with Crippen molar-refractivity contribution in [2.45, 2.75) is 65.8 Å². The Morgan fingerprint density at radius 1 is 0.947 bits per heavy atom. The molecule has 1 aliphatic rings. The van der Waals surface area contributed by atoms with Gasteiger partial charge in [0.2, 0.25) is 5.91 Å². The van der Waals surface area contributed by atoms with Crippen LogP contribution in [0.4, 0.5) is 5.69 Å². The minimum absolute atomic E-state index is 0.103. The molecule has 2 amide bonds. The molecule has 0 saturated heterocycles. The van der Waals surface area contributed by atoms with Crippen molar-refractivity contribution in [2.24, 2.45) is 5.92 Å². The molecule has 8 nitrogen and oxygen atoms in total. The molecule has 2 aromatic carbocycles. The molecule has 4 rings (SSSR count). The van der Waals surface area contributed by atoms with Gasteiger partial charge in [-0.2, -0.15) is 4.98 Å². The molecule has 0 bridgehead atoms. The predicted molar refractivity (Wildman–Crippen MR) is 147 cm³/mol. The van der Waals surface area contributed by atoms with Gasteiger partial charge < -0.3 is 19.1 Å². The molecule has 38 heavy (non-hydrogen) atoms. The first-order valence-electron chi connectivity index (χ1n) is 13.6. The fraction of sp³-hybridized carbons (Fsp3) is 0.467. The molecule has 3 aromatic rings. The molecule has 0 N–H and O–H groups in total. The second kappa shape index (κ2) is 13.2.